The second-order valence-electron chi connectivity index (χ2n) is 1.52. The topological polar surface area (TPSA) is 87.2 Å². The van der Waals surface area contributed by atoms with Crippen LogP contribution in [0, 0.1) is 11.8 Å². The Kier molecular flexibility index (Phi) is 18.4. The van der Waals surface area contributed by atoms with Crippen LogP contribution in [0.2, 0.25) is 0 Å². The van der Waals surface area contributed by atoms with Crippen molar-refractivity contribution in [3.8, 4) is 6.57 Å². The van der Waals surface area contributed by atoms with Crippen molar-refractivity contribution in [2.24, 2.45) is 5.73 Å². The number of nitrogens with zero attached hydrogens (tertiary/aromatic N) is 2. The van der Waals surface area contributed by atoms with E-state index < -0.39 is 5.24 Å². The van der Waals surface area contributed by atoms with Crippen molar-refractivity contribution in [2.75, 3.05) is 14.1 Å². The monoisotopic (exact) mass is 209 g/mol. The van der Waals surface area contributed by atoms with Gasteiger partial charge in [-0.15, -0.1) is 0 Å². The summed E-state index contributed by atoms with van der Waals surface area (Å²) in [5, 5.41) is 5.65. The average Bonchev–Trinajstić information content (AvgIpc) is 1.90. The Morgan fingerprint density at radius 2 is 1.42 bits per heavy atom. The van der Waals surface area contributed by atoms with Crippen LogP contribution < -0.4 is 5.73 Å². The summed E-state index contributed by atoms with van der Waals surface area (Å²) in [5.74, 6) is 0. The first kappa shape index (κ1) is 17.3. The maximum absolute atomic E-state index is 9.93. The summed E-state index contributed by atoms with van der Waals surface area (Å²) in [4.78, 5) is 20.4. The predicted octanol–water partition coefficient (Wildman–Crippen LogP) is 0.732. The molecule has 0 saturated carbocycles. The second kappa shape index (κ2) is 12.8. The van der Waals surface area contributed by atoms with Gasteiger partial charge in [0.25, 0.3) is 10.5 Å². The van der Waals surface area contributed by atoms with E-state index >= 15 is 0 Å². The molecule has 0 aliphatic rings. The van der Waals surface area contributed by atoms with Crippen LogP contribution >= 0.6 is 25.3 Å². The summed E-state index contributed by atoms with van der Waals surface area (Å²) < 4.78 is 0. The fraction of sp³-hybridized carbons (Fsp3) is 0.400. The Labute approximate surface area is 82.3 Å². The van der Waals surface area contributed by atoms with Crippen molar-refractivity contribution in [2.45, 2.75) is 0 Å². The van der Waals surface area contributed by atoms with Gasteiger partial charge in [0.05, 0.1) is 0 Å². The Morgan fingerprint density at radius 1 is 1.33 bits per heavy atom. The number of primary amides is 1. The van der Waals surface area contributed by atoms with Crippen LogP contribution in [0.5, 0.6) is 0 Å². The van der Waals surface area contributed by atoms with Crippen molar-refractivity contribution in [1.29, 1.82) is 5.26 Å². The van der Waals surface area contributed by atoms with E-state index in [2.05, 4.69) is 37.6 Å². The Bertz CT molecular complexity index is 154. The lowest BCUT2D eigenvalue weighted by Gasteiger charge is -2.01. The van der Waals surface area contributed by atoms with Crippen molar-refractivity contribution in [3.05, 3.63) is 0 Å². The fourth-order valence-corrected chi connectivity index (χ4v) is 0. The first-order valence-corrected chi connectivity index (χ1v) is 3.41. The van der Waals surface area contributed by atoms with Crippen molar-refractivity contribution in [1.82, 2.24) is 4.90 Å². The van der Waals surface area contributed by atoms with Gasteiger partial charge in [0.1, 0.15) is 0 Å². The third-order valence-electron chi connectivity index (χ3n) is 0.383. The molecular formula is C5H11N3O2S2. The lowest BCUT2D eigenvalue weighted by molar-refractivity contribution is 0.241. The van der Waals surface area contributed by atoms with Gasteiger partial charge in [-0.05, 0) is 0 Å². The maximum Gasteiger partial charge on any atom is 0.278 e. The highest BCUT2D eigenvalue weighted by Crippen LogP contribution is 1.82. The Balaban J connectivity index is -0.000000118. The lowest BCUT2D eigenvalue weighted by Crippen LogP contribution is -2.13. The predicted molar refractivity (Wildman–Crippen MR) is 53.3 cm³/mol. The molecule has 0 radical (unpaired) electrons. The smallest absolute Gasteiger partial charge is 0.278 e. The molecule has 70 valence electrons. The summed E-state index contributed by atoms with van der Waals surface area (Å²) in [5.41, 5.74) is 4.34. The van der Waals surface area contributed by atoms with Gasteiger partial charge in [-0.3, -0.25) is 9.59 Å². The molecule has 0 unspecified atom stereocenters. The van der Waals surface area contributed by atoms with Gasteiger partial charge in [0.2, 0.25) is 0 Å². The van der Waals surface area contributed by atoms with Crippen LogP contribution in [-0.2, 0) is 0 Å². The van der Waals surface area contributed by atoms with Gasteiger partial charge in [-0.1, -0.05) is 25.3 Å². The number of nitriles is 1. The molecule has 0 aromatic rings. The molecule has 2 amide bonds. The SMILES string of the molecule is C#N.CN(C)C(=O)S.NC(=O)S. The molecule has 12 heavy (non-hydrogen) atoms. The first-order chi connectivity index (χ1) is 5.37. The molecule has 0 rings (SSSR count). The third-order valence-corrected chi connectivity index (χ3v) is 0.783. The standard InChI is InChI=1S/C3H7NOS.CH3NOS.CHN/c1-4(2)3(5)6;2-1(3)4;1-2/h1-2H3,(H,5,6);(H3,2,3,4);1H. The van der Waals surface area contributed by atoms with Crippen LogP contribution in [0.3, 0.4) is 0 Å². The normalized spacial score (nSPS) is 6.17. The number of nitrogens with two attached hydrogens (primary N) is 1. The molecule has 0 heterocycles. The van der Waals surface area contributed by atoms with Crippen molar-refractivity contribution < 1.29 is 9.59 Å². The van der Waals surface area contributed by atoms with Crippen LogP contribution in [0.15, 0.2) is 0 Å². The van der Waals surface area contributed by atoms with E-state index in [0.29, 0.717) is 0 Å². The number of carbonyl (C=O) groups is 2. The molecule has 0 saturated heterocycles. The van der Waals surface area contributed by atoms with Crippen LogP contribution in [0.4, 0.5) is 9.59 Å². The van der Waals surface area contributed by atoms with E-state index in [4.69, 9.17) is 10.1 Å². The zero-order valence-corrected chi connectivity index (χ0v) is 8.55. The van der Waals surface area contributed by atoms with Crippen LogP contribution in [-0.4, -0.2) is 29.5 Å². The molecule has 0 aromatic heterocycles. The Hall–Kier alpha value is -0.870. The zero-order valence-electron chi connectivity index (χ0n) is 6.76. The van der Waals surface area contributed by atoms with E-state index in [1.165, 1.54) is 4.90 Å². The molecule has 0 bridgehead atoms. The van der Waals surface area contributed by atoms with Crippen LogP contribution in [0.1, 0.15) is 0 Å². The van der Waals surface area contributed by atoms with Crippen molar-refractivity contribution >= 4 is 35.7 Å². The molecule has 0 aromatic carbocycles. The number of amides is 2. The molecule has 0 aliphatic heterocycles. The number of hydrogen-bond donors (Lipinski definition) is 3. The quantitative estimate of drug-likeness (QED) is 0.514. The highest BCUT2D eigenvalue weighted by molar-refractivity contribution is 7.96. The summed E-state index contributed by atoms with van der Waals surface area (Å²) in [7, 11) is 3.30. The molecule has 2 N–H and O–H groups in total. The largest absolute Gasteiger partial charge is 0.361 e. The van der Waals surface area contributed by atoms with Crippen LogP contribution in [0.25, 0.3) is 0 Å². The lowest BCUT2D eigenvalue weighted by atomic mass is 11.0. The van der Waals surface area contributed by atoms with Gasteiger partial charge >= 0.3 is 0 Å². The van der Waals surface area contributed by atoms with E-state index in [0.717, 1.165) is 0 Å². The van der Waals surface area contributed by atoms with Gasteiger partial charge in [0.15, 0.2) is 0 Å². The van der Waals surface area contributed by atoms with Gasteiger partial charge in [-0.2, -0.15) is 0 Å². The van der Waals surface area contributed by atoms with Crippen molar-refractivity contribution in [3.63, 3.8) is 0 Å². The maximum atomic E-state index is 9.93. The number of thiol groups is 2. The summed E-state index contributed by atoms with van der Waals surface area (Å²) in [6.07, 6.45) is 0. The zero-order chi connectivity index (χ0) is 10.7. The molecule has 0 fully saturated rings. The highest BCUT2D eigenvalue weighted by Gasteiger charge is 1.89. The van der Waals surface area contributed by atoms with E-state index in [-0.39, 0.29) is 5.24 Å². The Morgan fingerprint density at radius 3 is 1.42 bits per heavy atom. The molecule has 5 nitrogen and oxygen atoms in total. The summed E-state index contributed by atoms with van der Waals surface area (Å²) in [6.45, 7) is 3.50. The van der Waals surface area contributed by atoms with Gasteiger partial charge in [-0.25, -0.2) is 5.26 Å². The number of hydrogen-bond acceptors (Lipinski definition) is 3. The van der Waals surface area contributed by atoms with E-state index in [9.17, 15) is 4.79 Å². The molecular weight excluding hydrogens is 198 g/mol. The minimum absolute atomic E-state index is 0.213. The number of carbonyl (C=O) groups excluding carboxylic acids is 2. The van der Waals surface area contributed by atoms with Gasteiger partial charge < -0.3 is 10.6 Å². The first-order valence-electron chi connectivity index (χ1n) is 2.52. The molecule has 0 spiro atoms. The average molecular weight is 209 g/mol. The molecule has 7 heteroatoms. The van der Waals surface area contributed by atoms with E-state index in [1.54, 1.807) is 14.1 Å². The second-order valence-corrected chi connectivity index (χ2v) is 2.34. The minimum atomic E-state index is -0.639. The highest BCUT2D eigenvalue weighted by atomic mass is 32.1. The van der Waals surface area contributed by atoms with Gasteiger partial charge in [0, 0.05) is 20.7 Å². The number of rotatable bonds is 0. The summed E-state index contributed by atoms with van der Waals surface area (Å²) >= 11 is 6.58. The van der Waals surface area contributed by atoms with E-state index in [1.807, 2.05) is 0 Å². The fourth-order valence-electron chi connectivity index (χ4n) is 0. The third kappa shape index (κ3) is 61.6. The summed E-state index contributed by atoms with van der Waals surface area (Å²) in [6, 6.07) is 0. The minimum Gasteiger partial charge on any atom is -0.361 e. The molecule has 0 aliphatic carbocycles. The molecule has 0 atom stereocenters.